The molecule has 0 saturated heterocycles. The predicted octanol–water partition coefficient (Wildman–Crippen LogP) is 3.27. The van der Waals surface area contributed by atoms with Gasteiger partial charge < -0.3 is 4.74 Å². The van der Waals surface area contributed by atoms with E-state index in [1.165, 1.54) is 0 Å². The van der Waals surface area contributed by atoms with Crippen molar-refractivity contribution in [2.24, 2.45) is 0 Å². The summed E-state index contributed by atoms with van der Waals surface area (Å²) in [5, 5.41) is -0.0830. The highest BCUT2D eigenvalue weighted by atomic mass is 35.7. The summed E-state index contributed by atoms with van der Waals surface area (Å²) in [4.78, 5) is -0.239. The van der Waals surface area contributed by atoms with Gasteiger partial charge in [-0.05, 0) is 12.1 Å². The van der Waals surface area contributed by atoms with Crippen LogP contribution in [0.3, 0.4) is 0 Å². The quantitative estimate of drug-likeness (QED) is 0.802. The van der Waals surface area contributed by atoms with Crippen LogP contribution in [0.4, 0.5) is 4.39 Å². The van der Waals surface area contributed by atoms with Crippen LogP contribution in [0.2, 0.25) is 10.0 Å². The van der Waals surface area contributed by atoms with Crippen LogP contribution in [0.25, 0.3) is 0 Å². The Kier molecular flexibility index (Phi) is 4.67. The second-order valence-corrected chi connectivity index (χ2v) is 6.07. The van der Waals surface area contributed by atoms with Crippen molar-refractivity contribution in [2.75, 3.05) is 13.3 Å². The maximum atomic E-state index is 11.9. The summed E-state index contributed by atoms with van der Waals surface area (Å²) in [5.74, 6) is 0.0325. The first-order valence-electron chi connectivity index (χ1n) is 3.98. The highest BCUT2D eigenvalue weighted by Crippen LogP contribution is 2.36. The smallest absolute Gasteiger partial charge is 0.261 e. The SMILES string of the molecule is O=S(=O)(Cl)c1cc(Cl)c(OCCF)c(Cl)c1. The van der Waals surface area contributed by atoms with E-state index < -0.39 is 15.7 Å². The third-order valence-electron chi connectivity index (χ3n) is 1.58. The molecule has 16 heavy (non-hydrogen) atoms. The Morgan fingerprint density at radius 2 is 1.75 bits per heavy atom. The van der Waals surface area contributed by atoms with Gasteiger partial charge in [0, 0.05) is 10.7 Å². The summed E-state index contributed by atoms with van der Waals surface area (Å²) in [5.41, 5.74) is 0. The molecule has 0 aliphatic carbocycles. The van der Waals surface area contributed by atoms with Gasteiger partial charge in [0.25, 0.3) is 9.05 Å². The van der Waals surface area contributed by atoms with E-state index in [1.54, 1.807) is 0 Å². The van der Waals surface area contributed by atoms with Gasteiger partial charge in [-0.15, -0.1) is 0 Å². The fourth-order valence-corrected chi connectivity index (χ4v) is 2.47. The largest absolute Gasteiger partial charge is 0.488 e. The van der Waals surface area contributed by atoms with Gasteiger partial charge in [0.15, 0.2) is 5.75 Å². The minimum Gasteiger partial charge on any atom is -0.488 e. The zero-order valence-corrected chi connectivity index (χ0v) is 10.8. The Labute approximate surface area is 106 Å². The molecule has 0 saturated carbocycles. The number of benzene rings is 1. The van der Waals surface area contributed by atoms with Gasteiger partial charge in [-0.1, -0.05) is 23.2 Å². The van der Waals surface area contributed by atoms with E-state index in [9.17, 15) is 12.8 Å². The van der Waals surface area contributed by atoms with Gasteiger partial charge in [-0.3, -0.25) is 0 Å². The van der Waals surface area contributed by atoms with Gasteiger partial charge in [0.1, 0.15) is 13.3 Å². The Hall–Kier alpha value is -0.230. The van der Waals surface area contributed by atoms with Gasteiger partial charge in [0.2, 0.25) is 0 Å². The van der Waals surface area contributed by atoms with Gasteiger partial charge in [0.05, 0.1) is 14.9 Å². The molecule has 0 aliphatic heterocycles. The summed E-state index contributed by atoms with van der Waals surface area (Å²) in [6, 6.07) is 2.17. The molecule has 0 unspecified atom stereocenters. The van der Waals surface area contributed by atoms with Crippen molar-refractivity contribution in [3.63, 3.8) is 0 Å². The topological polar surface area (TPSA) is 43.4 Å². The molecule has 0 atom stereocenters. The van der Waals surface area contributed by atoms with Crippen LogP contribution in [0.15, 0.2) is 17.0 Å². The summed E-state index contributed by atoms with van der Waals surface area (Å²) in [6.07, 6.45) is 0. The fraction of sp³-hybridized carbons (Fsp3) is 0.250. The third-order valence-corrected chi connectivity index (χ3v) is 3.47. The molecular formula is C8H6Cl3FO3S. The lowest BCUT2D eigenvalue weighted by atomic mass is 10.3. The fourth-order valence-electron chi connectivity index (χ4n) is 0.956. The molecule has 1 aromatic carbocycles. The van der Waals surface area contributed by atoms with E-state index in [4.69, 9.17) is 38.6 Å². The van der Waals surface area contributed by atoms with Crippen LogP contribution < -0.4 is 4.74 Å². The standard InChI is InChI=1S/C8H6Cl3FO3S/c9-6-3-5(16(11,13)14)4-7(10)8(6)15-2-1-12/h3-4H,1-2H2. The number of ether oxygens (including phenoxy) is 1. The van der Waals surface area contributed by atoms with E-state index in [0.29, 0.717) is 0 Å². The van der Waals surface area contributed by atoms with Crippen LogP contribution in [0.1, 0.15) is 0 Å². The molecule has 0 aromatic heterocycles. The van der Waals surface area contributed by atoms with Crippen molar-refractivity contribution >= 4 is 42.9 Å². The van der Waals surface area contributed by atoms with Crippen LogP contribution in [-0.2, 0) is 9.05 Å². The maximum Gasteiger partial charge on any atom is 0.261 e. The lowest BCUT2D eigenvalue weighted by Crippen LogP contribution is -2.01. The monoisotopic (exact) mass is 306 g/mol. The molecule has 0 N–H and O–H groups in total. The second-order valence-electron chi connectivity index (χ2n) is 2.69. The predicted molar refractivity (Wildman–Crippen MR) is 61.0 cm³/mol. The maximum absolute atomic E-state index is 11.9. The zero-order chi connectivity index (χ0) is 12.3. The van der Waals surface area contributed by atoms with Gasteiger partial charge >= 0.3 is 0 Å². The van der Waals surface area contributed by atoms with E-state index in [2.05, 4.69) is 0 Å². The number of rotatable bonds is 4. The first kappa shape index (κ1) is 13.8. The lowest BCUT2D eigenvalue weighted by molar-refractivity contribution is 0.273. The molecule has 0 fully saturated rings. The molecule has 0 radical (unpaired) electrons. The van der Waals surface area contributed by atoms with E-state index in [-0.39, 0.29) is 27.3 Å². The Bertz CT molecular complexity index is 466. The van der Waals surface area contributed by atoms with Crippen LogP contribution in [0, 0.1) is 0 Å². The zero-order valence-electron chi connectivity index (χ0n) is 7.71. The van der Waals surface area contributed by atoms with Crippen LogP contribution in [-0.4, -0.2) is 21.7 Å². The molecule has 0 spiro atoms. The van der Waals surface area contributed by atoms with E-state index in [0.717, 1.165) is 12.1 Å². The highest BCUT2D eigenvalue weighted by Gasteiger charge is 2.16. The van der Waals surface area contributed by atoms with E-state index in [1.807, 2.05) is 0 Å². The molecule has 1 aromatic rings. The van der Waals surface area contributed by atoms with Crippen molar-refractivity contribution < 1.29 is 17.5 Å². The molecule has 0 bridgehead atoms. The van der Waals surface area contributed by atoms with Crippen molar-refractivity contribution in [2.45, 2.75) is 4.90 Å². The number of alkyl halides is 1. The van der Waals surface area contributed by atoms with Gasteiger partial charge in [-0.25, -0.2) is 12.8 Å². The number of hydrogen-bond donors (Lipinski definition) is 0. The average Bonchev–Trinajstić information content (AvgIpc) is 2.15. The van der Waals surface area contributed by atoms with Crippen molar-refractivity contribution in [1.82, 2.24) is 0 Å². The normalized spacial score (nSPS) is 11.5. The van der Waals surface area contributed by atoms with Crippen LogP contribution >= 0.6 is 33.9 Å². The van der Waals surface area contributed by atoms with Crippen LogP contribution in [0.5, 0.6) is 5.75 Å². The molecule has 90 valence electrons. The molecule has 0 aliphatic rings. The van der Waals surface area contributed by atoms with Crippen molar-refractivity contribution in [3.8, 4) is 5.75 Å². The Balaban J connectivity index is 3.18. The third kappa shape index (κ3) is 3.38. The Morgan fingerprint density at radius 1 is 1.25 bits per heavy atom. The summed E-state index contributed by atoms with van der Waals surface area (Å²) in [6.45, 7) is -0.922. The second kappa shape index (κ2) is 5.40. The number of halogens is 4. The minimum atomic E-state index is -3.91. The molecule has 1 rings (SSSR count). The highest BCUT2D eigenvalue weighted by molar-refractivity contribution is 8.13. The number of hydrogen-bond acceptors (Lipinski definition) is 3. The lowest BCUT2D eigenvalue weighted by Gasteiger charge is -2.09. The van der Waals surface area contributed by atoms with Gasteiger partial charge in [-0.2, -0.15) is 0 Å². The molecular weight excluding hydrogens is 302 g/mol. The molecule has 8 heteroatoms. The average molecular weight is 308 g/mol. The Morgan fingerprint density at radius 3 is 2.12 bits per heavy atom. The van der Waals surface area contributed by atoms with E-state index >= 15 is 0 Å². The van der Waals surface area contributed by atoms with Crippen molar-refractivity contribution in [3.05, 3.63) is 22.2 Å². The molecule has 0 heterocycles. The van der Waals surface area contributed by atoms with Crippen molar-refractivity contribution in [1.29, 1.82) is 0 Å². The summed E-state index contributed by atoms with van der Waals surface area (Å²) >= 11 is 11.4. The summed E-state index contributed by atoms with van der Waals surface area (Å²) in [7, 11) is 1.20. The first-order valence-corrected chi connectivity index (χ1v) is 7.05. The minimum absolute atomic E-state index is 0.0325. The molecule has 0 amide bonds. The molecule has 3 nitrogen and oxygen atoms in total. The summed E-state index contributed by atoms with van der Waals surface area (Å²) < 4.78 is 38.8. The first-order chi connectivity index (χ1) is 7.36.